The molecular weight excluding hydrogens is 266 g/mol. The standard InChI is InChI=1S/C12H7Cl3O/c13-7-4-5-8(10(15)6-7)12-9(14)2-1-3-11(12)16/h1-6,16H. The molecule has 0 bridgehead atoms. The Balaban J connectivity index is 2.68. The monoisotopic (exact) mass is 272 g/mol. The number of rotatable bonds is 1. The van der Waals surface area contributed by atoms with E-state index in [0.29, 0.717) is 26.2 Å². The Bertz CT molecular complexity index is 518. The van der Waals surface area contributed by atoms with Crippen LogP contribution in [0, 0.1) is 0 Å². The Kier molecular flexibility index (Phi) is 3.29. The third-order valence-corrected chi connectivity index (χ3v) is 3.05. The van der Waals surface area contributed by atoms with Crippen LogP contribution in [-0.4, -0.2) is 5.11 Å². The number of hydrogen-bond donors (Lipinski definition) is 1. The summed E-state index contributed by atoms with van der Waals surface area (Å²) < 4.78 is 0. The van der Waals surface area contributed by atoms with Crippen molar-refractivity contribution in [2.75, 3.05) is 0 Å². The molecule has 1 N–H and O–H groups in total. The van der Waals surface area contributed by atoms with Gasteiger partial charge in [-0.3, -0.25) is 0 Å². The first kappa shape index (κ1) is 11.6. The van der Waals surface area contributed by atoms with Crippen LogP contribution >= 0.6 is 34.8 Å². The highest BCUT2D eigenvalue weighted by Gasteiger charge is 2.12. The van der Waals surface area contributed by atoms with Crippen molar-refractivity contribution in [1.29, 1.82) is 0 Å². The van der Waals surface area contributed by atoms with Gasteiger partial charge in [0, 0.05) is 16.1 Å². The maximum Gasteiger partial charge on any atom is 0.124 e. The zero-order valence-corrected chi connectivity index (χ0v) is 10.3. The Morgan fingerprint density at radius 1 is 0.875 bits per heavy atom. The van der Waals surface area contributed by atoms with Crippen LogP contribution in [0.25, 0.3) is 11.1 Å². The molecule has 0 spiro atoms. The summed E-state index contributed by atoms with van der Waals surface area (Å²) in [4.78, 5) is 0. The van der Waals surface area contributed by atoms with Crippen molar-refractivity contribution in [2.24, 2.45) is 0 Å². The van der Waals surface area contributed by atoms with E-state index in [-0.39, 0.29) is 5.75 Å². The molecule has 2 aromatic rings. The van der Waals surface area contributed by atoms with E-state index >= 15 is 0 Å². The van der Waals surface area contributed by atoms with Crippen molar-refractivity contribution in [3.05, 3.63) is 51.5 Å². The molecule has 2 aromatic carbocycles. The molecule has 1 nitrogen and oxygen atoms in total. The molecule has 2 rings (SSSR count). The van der Waals surface area contributed by atoms with Crippen LogP contribution in [0.15, 0.2) is 36.4 Å². The number of benzene rings is 2. The summed E-state index contributed by atoms with van der Waals surface area (Å²) in [6, 6.07) is 9.97. The first-order chi connectivity index (χ1) is 7.59. The topological polar surface area (TPSA) is 20.2 Å². The second-order valence-electron chi connectivity index (χ2n) is 3.26. The minimum atomic E-state index is 0.0942. The van der Waals surface area contributed by atoms with Gasteiger partial charge < -0.3 is 5.11 Å². The van der Waals surface area contributed by atoms with E-state index in [4.69, 9.17) is 34.8 Å². The molecule has 0 aliphatic carbocycles. The quantitative estimate of drug-likeness (QED) is 0.773. The van der Waals surface area contributed by atoms with Crippen LogP contribution in [0.4, 0.5) is 0 Å². The number of aromatic hydroxyl groups is 1. The van der Waals surface area contributed by atoms with Gasteiger partial charge in [0.05, 0.1) is 10.0 Å². The fourth-order valence-corrected chi connectivity index (χ4v) is 2.25. The van der Waals surface area contributed by atoms with Crippen molar-refractivity contribution < 1.29 is 5.11 Å². The average molecular weight is 274 g/mol. The van der Waals surface area contributed by atoms with Gasteiger partial charge in [0.2, 0.25) is 0 Å². The smallest absolute Gasteiger partial charge is 0.124 e. The number of phenols is 1. The van der Waals surface area contributed by atoms with Crippen molar-refractivity contribution in [2.45, 2.75) is 0 Å². The molecule has 0 aliphatic heterocycles. The Morgan fingerprint density at radius 2 is 1.62 bits per heavy atom. The third kappa shape index (κ3) is 2.12. The molecule has 0 saturated carbocycles. The molecule has 16 heavy (non-hydrogen) atoms. The van der Waals surface area contributed by atoms with Gasteiger partial charge in [-0.15, -0.1) is 0 Å². The highest BCUT2D eigenvalue weighted by atomic mass is 35.5. The molecular formula is C12H7Cl3O. The van der Waals surface area contributed by atoms with Crippen molar-refractivity contribution in [3.63, 3.8) is 0 Å². The Morgan fingerprint density at radius 3 is 2.25 bits per heavy atom. The van der Waals surface area contributed by atoms with E-state index in [1.807, 2.05) is 0 Å². The van der Waals surface area contributed by atoms with Crippen LogP contribution < -0.4 is 0 Å². The third-order valence-electron chi connectivity index (χ3n) is 2.19. The predicted octanol–water partition coefficient (Wildman–Crippen LogP) is 5.02. The zero-order valence-electron chi connectivity index (χ0n) is 8.05. The molecule has 0 heterocycles. The highest BCUT2D eigenvalue weighted by molar-refractivity contribution is 6.38. The number of halogens is 3. The Hall–Kier alpha value is -0.890. The molecule has 0 fully saturated rings. The molecule has 0 saturated heterocycles. The largest absolute Gasteiger partial charge is 0.507 e. The fourth-order valence-electron chi connectivity index (χ4n) is 1.47. The van der Waals surface area contributed by atoms with Gasteiger partial charge in [-0.1, -0.05) is 46.9 Å². The van der Waals surface area contributed by atoms with Gasteiger partial charge in [0.15, 0.2) is 0 Å². The van der Waals surface area contributed by atoms with E-state index in [0.717, 1.165) is 0 Å². The normalized spacial score (nSPS) is 10.4. The van der Waals surface area contributed by atoms with E-state index in [1.165, 1.54) is 0 Å². The summed E-state index contributed by atoms with van der Waals surface area (Å²) in [7, 11) is 0. The van der Waals surface area contributed by atoms with Crippen molar-refractivity contribution in [3.8, 4) is 16.9 Å². The molecule has 0 unspecified atom stereocenters. The molecule has 0 radical (unpaired) electrons. The molecule has 0 aliphatic rings. The van der Waals surface area contributed by atoms with E-state index in [2.05, 4.69) is 0 Å². The van der Waals surface area contributed by atoms with Gasteiger partial charge >= 0.3 is 0 Å². The second kappa shape index (κ2) is 4.54. The summed E-state index contributed by atoms with van der Waals surface area (Å²) in [6.07, 6.45) is 0. The lowest BCUT2D eigenvalue weighted by Gasteiger charge is -2.09. The first-order valence-electron chi connectivity index (χ1n) is 4.52. The van der Waals surface area contributed by atoms with Crippen LogP contribution in [0.1, 0.15) is 0 Å². The van der Waals surface area contributed by atoms with Gasteiger partial charge in [-0.05, 0) is 24.3 Å². The molecule has 0 amide bonds. The summed E-state index contributed by atoms with van der Waals surface area (Å²) in [5.74, 6) is 0.0942. The van der Waals surface area contributed by atoms with Crippen molar-refractivity contribution in [1.82, 2.24) is 0 Å². The lowest BCUT2D eigenvalue weighted by Crippen LogP contribution is -1.82. The lowest BCUT2D eigenvalue weighted by atomic mass is 10.0. The van der Waals surface area contributed by atoms with Gasteiger partial charge in [-0.2, -0.15) is 0 Å². The predicted molar refractivity (Wildman–Crippen MR) is 68.6 cm³/mol. The highest BCUT2D eigenvalue weighted by Crippen LogP contribution is 2.39. The summed E-state index contributed by atoms with van der Waals surface area (Å²) >= 11 is 17.9. The molecule has 0 atom stereocenters. The van der Waals surface area contributed by atoms with Crippen LogP contribution in [0.2, 0.25) is 15.1 Å². The number of hydrogen-bond acceptors (Lipinski definition) is 1. The van der Waals surface area contributed by atoms with Gasteiger partial charge in [-0.25, -0.2) is 0 Å². The zero-order chi connectivity index (χ0) is 11.7. The number of phenolic OH excluding ortho intramolecular Hbond substituents is 1. The van der Waals surface area contributed by atoms with E-state index < -0.39 is 0 Å². The van der Waals surface area contributed by atoms with Crippen LogP contribution in [0.5, 0.6) is 5.75 Å². The SMILES string of the molecule is Oc1cccc(Cl)c1-c1ccc(Cl)cc1Cl. The van der Waals surface area contributed by atoms with E-state index in [9.17, 15) is 5.11 Å². The van der Waals surface area contributed by atoms with Gasteiger partial charge in [0.1, 0.15) is 5.75 Å². The molecule has 0 aromatic heterocycles. The maximum atomic E-state index is 9.76. The molecule has 82 valence electrons. The minimum Gasteiger partial charge on any atom is -0.507 e. The minimum absolute atomic E-state index is 0.0942. The van der Waals surface area contributed by atoms with E-state index in [1.54, 1.807) is 36.4 Å². The lowest BCUT2D eigenvalue weighted by molar-refractivity contribution is 0.477. The van der Waals surface area contributed by atoms with Gasteiger partial charge in [0.25, 0.3) is 0 Å². The first-order valence-corrected chi connectivity index (χ1v) is 5.66. The Labute approximate surface area is 108 Å². The molecule has 4 heteroatoms. The maximum absolute atomic E-state index is 9.76. The second-order valence-corrected chi connectivity index (χ2v) is 4.51. The average Bonchev–Trinajstić information content (AvgIpc) is 2.20. The van der Waals surface area contributed by atoms with Crippen molar-refractivity contribution >= 4 is 34.8 Å². The summed E-state index contributed by atoms with van der Waals surface area (Å²) in [5, 5.41) is 11.2. The van der Waals surface area contributed by atoms with Crippen LogP contribution in [-0.2, 0) is 0 Å². The summed E-state index contributed by atoms with van der Waals surface area (Å²) in [6.45, 7) is 0. The summed E-state index contributed by atoms with van der Waals surface area (Å²) in [5.41, 5.74) is 1.18. The van der Waals surface area contributed by atoms with Crippen LogP contribution in [0.3, 0.4) is 0 Å². The fraction of sp³-hybridized carbons (Fsp3) is 0.